The van der Waals surface area contributed by atoms with E-state index in [0.29, 0.717) is 6.42 Å². The van der Waals surface area contributed by atoms with Gasteiger partial charge in [-0.3, -0.25) is 14.5 Å². The Kier molecular flexibility index (Phi) is 6.89. The van der Waals surface area contributed by atoms with Crippen LogP contribution in [0.4, 0.5) is 0 Å². The fourth-order valence-electron chi connectivity index (χ4n) is 4.41. The van der Waals surface area contributed by atoms with Crippen LogP contribution in [-0.4, -0.2) is 65.3 Å². The summed E-state index contributed by atoms with van der Waals surface area (Å²) in [6.07, 6.45) is 5.34. The molecule has 2 heterocycles. The number of carbonyl (C=O) groups excluding carboxylic acids is 2. The zero-order valence-electron chi connectivity index (χ0n) is 16.8. The Bertz CT molecular complexity index is 626. The van der Waals surface area contributed by atoms with E-state index in [2.05, 4.69) is 29.2 Å². The van der Waals surface area contributed by atoms with Gasteiger partial charge in [-0.25, -0.2) is 0 Å². The lowest BCUT2D eigenvalue weighted by molar-refractivity contribution is -0.148. The van der Waals surface area contributed by atoms with E-state index < -0.39 is 0 Å². The van der Waals surface area contributed by atoms with Crippen molar-refractivity contribution in [2.24, 2.45) is 0 Å². The van der Waals surface area contributed by atoms with Crippen molar-refractivity contribution in [3.63, 3.8) is 0 Å². The highest BCUT2D eigenvalue weighted by Gasteiger charge is 2.35. The molecule has 0 bridgehead atoms. The Balaban J connectivity index is 1.54. The molecule has 0 aliphatic carbocycles. The highest BCUT2D eigenvalue weighted by Crippen LogP contribution is 2.23. The number of benzene rings is 1. The maximum atomic E-state index is 13.1. The van der Waals surface area contributed by atoms with E-state index in [9.17, 15) is 9.59 Å². The van der Waals surface area contributed by atoms with Crippen molar-refractivity contribution in [1.82, 2.24) is 14.7 Å². The molecule has 2 saturated heterocycles. The number of amides is 2. The largest absolute Gasteiger partial charge is 0.341 e. The molecule has 1 aromatic carbocycles. The predicted molar refractivity (Wildman–Crippen MR) is 107 cm³/mol. The van der Waals surface area contributed by atoms with Gasteiger partial charge in [0.1, 0.15) is 6.04 Å². The van der Waals surface area contributed by atoms with Gasteiger partial charge in [-0.1, -0.05) is 37.3 Å². The van der Waals surface area contributed by atoms with Crippen LogP contribution in [0.3, 0.4) is 0 Å². The first-order chi connectivity index (χ1) is 13.1. The second kappa shape index (κ2) is 9.36. The summed E-state index contributed by atoms with van der Waals surface area (Å²) in [5.74, 6) is 0.247. The molecule has 0 aromatic heterocycles. The third-order valence-corrected chi connectivity index (χ3v) is 6.11. The molecule has 0 saturated carbocycles. The molecule has 2 aliphatic heterocycles. The molecule has 2 aliphatic rings. The molecule has 0 N–H and O–H groups in total. The van der Waals surface area contributed by atoms with Gasteiger partial charge in [0.25, 0.3) is 0 Å². The summed E-state index contributed by atoms with van der Waals surface area (Å²) in [6.45, 7) is 5.61. The van der Waals surface area contributed by atoms with Gasteiger partial charge in [0.2, 0.25) is 11.8 Å². The number of nitrogens with zero attached hydrogens (tertiary/aromatic N) is 3. The monoisotopic (exact) mass is 371 g/mol. The van der Waals surface area contributed by atoms with E-state index in [1.165, 1.54) is 5.56 Å². The molecule has 5 nitrogen and oxygen atoms in total. The van der Waals surface area contributed by atoms with E-state index in [4.69, 9.17) is 0 Å². The molecule has 2 amide bonds. The summed E-state index contributed by atoms with van der Waals surface area (Å²) in [7, 11) is 1.93. The SMILES string of the molecule is CCC(=O)N1CCCCC1C(=O)N(C)C1CCN(Cc2ccccc2)CC1. The lowest BCUT2D eigenvalue weighted by Crippen LogP contribution is -2.55. The number of likely N-dealkylation sites (N-methyl/N-ethyl adjacent to an activating group) is 1. The number of carbonyl (C=O) groups is 2. The number of piperidine rings is 2. The van der Waals surface area contributed by atoms with Crippen molar-refractivity contribution < 1.29 is 9.59 Å². The van der Waals surface area contributed by atoms with Crippen LogP contribution < -0.4 is 0 Å². The Morgan fingerprint density at radius 1 is 1.04 bits per heavy atom. The van der Waals surface area contributed by atoms with Gasteiger partial charge >= 0.3 is 0 Å². The minimum Gasteiger partial charge on any atom is -0.341 e. The smallest absolute Gasteiger partial charge is 0.245 e. The van der Waals surface area contributed by atoms with Gasteiger partial charge in [0.15, 0.2) is 0 Å². The molecule has 0 spiro atoms. The third-order valence-electron chi connectivity index (χ3n) is 6.11. The maximum absolute atomic E-state index is 13.1. The minimum atomic E-state index is -0.251. The molecule has 27 heavy (non-hydrogen) atoms. The number of hydrogen-bond donors (Lipinski definition) is 0. The topological polar surface area (TPSA) is 43.9 Å². The summed E-state index contributed by atoms with van der Waals surface area (Å²) in [5.41, 5.74) is 1.34. The summed E-state index contributed by atoms with van der Waals surface area (Å²) >= 11 is 0. The predicted octanol–water partition coefficient (Wildman–Crippen LogP) is 2.90. The van der Waals surface area contributed by atoms with E-state index in [1.807, 2.05) is 29.8 Å². The zero-order chi connectivity index (χ0) is 19.2. The van der Waals surface area contributed by atoms with Crippen molar-refractivity contribution >= 4 is 11.8 Å². The standard InChI is InChI=1S/C22H33N3O2/c1-3-21(26)25-14-8-7-11-20(25)22(27)23(2)19-12-15-24(16-13-19)17-18-9-5-4-6-10-18/h4-6,9-10,19-20H,3,7-8,11-17H2,1-2H3. The van der Waals surface area contributed by atoms with Crippen molar-refractivity contribution in [3.05, 3.63) is 35.9 Å². The molecule has 1 unspecified atom stereocenters. The van der Waals surface area contributed by atoms with Crippen molar-refractivity contribution in [2.75, 3.05) is 26.7 Å². The van der Waals surface area contributed by atoms with Crippen LogP contribution in [0.5, 0.6) is 0 Å². The van der Waals surface area contributed by atoms with Gasteiger partial charge in [0, 0.05) is 45.7 Å². The first-order valence-corrected chi connectivity index (χ1v) is 10.4. The van der Waals surface area contributed by atoms with E-state index in [-0.39, 0.29) is 23.9 Å². The molecule has 1 aromatic rings. The van der Waals surface area contributed by atoms with Gasteiger partial charge < -0.3 is 9.80 Å². The highest BCUT2D eigenvalue weighted by molar-refractivity contribution is 5.87. The highest BCUT2D eigenvalue weighted by atomic mass is 16.2. The Labute approximate surface area is 163 Å². The van der Waals surface area contributed by atoms with Crippen LogP contribution in [-0.2, 0) is 16.1 Å². The normalized spacial score (nSPS) is 21.9. The van der Waals surface area contributed by atoms with E-state index in [1.54, 1.807) is 0 Å². The van der Waals surface area contributed by atoms with Crippen LogP contribution >= 0.6 is 0 Å². The van der Waals surface area contributed by atoms with Gasteiger partial charge in [0.05, 0.1) is 0 Å². The molecule has 148 valence electrons. The summed E-state index contributed by atoms with van der Waals surface area (Å²) in [5, 5.41) is 0. The fourth-order valence-corrected chi connectivity index (χ4v) is 4.41. The summed E-state index contributed by atoms with van der Waals surface area (Å²) in [4.78, 5) is 31.6. The first kappa shape index (κ1) is 19.9. The average Bonchev–Trinajstić information content (AvgIpc) is 2.73. The van der Waals surface area contributed by atoms with E-state index >= 15 is 0 Å². The minimum absolute atomic E-state index is 0.110. The molecule has 3 rings (SSSR count). The first-order valence-electron chi connectivity index (χ1n) is 10.4. The van der Waals surface area contributed by atoms with Gasteiger partial charge in [-0.2, -0.15) is 0 Å². The van der Waals surface area contributed by atoms with Crippen molar-refractivity contribution in [2.45, 2.75) is 64.1 Å². The second-order valence-corrected chi connectivity index (χ2v) is 7.89. The number of rotatable bonds is 5. The van der Waals surface area contributed by atoms with Gasteiger partial charge in [-0.05, 0) is 37.7 Å². The van der Waals surface area contributed by atoms with Crippen molar-refractivity contribution in [1.29, 1.82) is 0 Å². The molecular formula is C22H33N3O2. The molecule has 0 radical (unpaired) electrons. The van der Waals surface area contributed by atoms with Crippen LogP contribution in [0.15, 0.2) is 30.3 Å². The molecule has 5 heteroatoms. The van der Waals surface area contributed by atoms with Crippen LogP contribution in [0.25, 0.3) is 0 Å². The fraction of sp³-hybridized carbons (Fsp3) is 0.636. The molecule has 2 fully saturated rings. The third kappa shape index (κ3) is 4.89. The Hall–Kier alpha value is -1.88. The van der Waals surface area contributed by atoms with Crippen LogP contribution in [0, 0.1) is 0 Å². The maximum Gasteiger partial charge on any atom is 0.245 e. The van der Waals surface area contributed by atoms with Crippen molar-refractivity contribution in [3.8, 4) is 0 Å². The van der Waals surface area contributed by atoms with E-state index in [0.717, 1.165) is 58.3 Å². The quantitative estimate of drug-likeness (QED) is 0.799. The number of hydrogen-bond acceptors (Lipinski definition) is 3. The Morgan fingerprint density at radius 2 is 1.74 bits per heavy atom. The Morgan fingerprint density at radius 3 is 2.41 bits per heavy atom. The zero-order valence-corrected chi connectivity index (χ0v) is 16.8. The number of likely N-dealkylation sites (tertiary alicyclic amines) is 2. The van der Waals surface area contributed by atoms with Gasteiger partial charge in [-0.15, -0.1) is 0 Å². The summed E-state index contributed by atoms with van der Waals surface area (Å²) in [6, 6.07) is 10.6. The lowest BCUT2D eigenvalue weighted by Gasteiger charge is -2.41. The molecular weight excluding hydrogens is 338 g/mol. The second-order valence-electron chi connectivity index (χ2n) is 7.89. The molecule has 1 atom stereocenters. The average molecular weight is 372 g/mol. The lowest BCUT2D eigenvalue weighted by atomic mass is 9.97. The summed E-state index contributed by atoms with van der Waals surface area (Å²) < 4.78 is 0. The van der Waals surface area contributed by atoms with Crippen LogP contribution in [0.1, 0.15) is 51.0 Å². The van der Waals surface area contributed by atoms with Crippen LogP contribution in [0.2, 0.25) is 0 Å².